The topological polar surface area (TPSA) is 39.5 Å². The zero-order chi connectivity index (χ0) is 26.8. The number of thiazole rings is 1. The molecule has 196 valence electrons. The van der Waals surface area contributed by atoms with Crippen LogP contribution in [0.5, 0.6) is 0 Å². The van der Waals surface area contributed by atoms with Crippen LogP contribution in [0.4, 0.5) is 11.4 Å². The number of halogens is 1. The third-order valence-electron chi connectivity index (χ3n) is 6.60. The summed E-state index contributed by atoms with van der Waals surface area (Å²) in [6, 6.07) is 22.8. The molecule has 3 aromatic carbocycles. The van der Waals surface area contributed by atoms with E-state index in [1.807, 2.05) is 42.5 Å². The van der Waals surface area contributed by atoms with Gasteiger partial charge in [0.15, 0.2) is 0 Å². The van der Waals surface area contributed by atoms with Crippen LogP contribution in [0.1, 0.15) is 31.3 Å². The molecule has 0 spiro atoms. The van der Waals surface area contributed by atoms with Gasteiger partial charge in [-0.1, -0.05) is 59.0 Å². The van der Waals surface area contributed by atoms with Gasteiger partial charge in [0.2, 0.25) is 18.1 Å². The summed E-state index contributed by atoms with van der Waals surface area (Å²) in [4.78, 5) is 18.9. The number of thioether (sulfide) groups is 1. The van der Waals surface area contributed by atoms with Gasteiger partial charge in [0, 0.05) is 34.3 Å². The summed E-state index contributed by atoms with van der Waals surface area (Å²) in [5.41, 5.74) is 4.56. The monoisotopic (exact) mass is 563 g/mol. The molecule has 1 aliphatic rings. The number of carbonyl (C=O) groups excluding carboxylic acids is 1. The number of aryl methyl sites for hydroxylation is 1. The summed E-state index contributed by atoms with van der Waals surface area (Å²) in [6.45, 7) is 10.0. The highest BCUT2D eigenvalue weighted by Crippen LogP contribution is 2.47. The van der Waals surface area contributed by atoms with E-state index in [2.05, 4.69) is 77.7 Å². The van der Waals surface area contributed by atoms with Crippen molar-refractivity contribution in [2.45, 2.75) is 45.3 Å². The third kappa shape index (κ3) is 5.55. The van der Waals surface area contributed by atoms with Crippen molar-refractivity contribution in [3.8, 4) is 0 Å². The first-order valence-corrected chi connectivity index (χ1v) is 14.8. The van der Waals surface area contributed by atoms with E-state index in [1.54, 1.807) is 23.1 Å². The minimum absolute atomic E-state index is 0.0247. The predicted octanol–water partition coefficient (Wildman–Crippen LogP) is 7.07. The first-order valence-electron chi connectivity index (χ1n) is 12.8. The fourth-order valence-corrected chi connectivity index (χ4v) is 7.13. The normalized spacial score (nSPS) is 13.9. The van der Waals surface area contributed by atoms with Crippen LogP contribution in [0.15, 0.2) is 76.7 Å². The highest BCUT2D eigenvalue weighted by Gasteiger charge is 2.28. The number of carbonyl (C=O) groups is 1. The summed E-state index contributed by atoms with van der Waals surface area (Å²) < 4.78 is 3.28. The fraction of sp³-hybridized carbons (Fsp3) is 0.267. The van der Waals surface area contributed by atoms with Crippen molar-refractivity contribution in [2.75, 3.05) is 22.9 Å². The van der Waals surface area contributed by atoms with Gasteiger partial charge in [0.25, 0.3) is 5.01 Å². The smallest absolute Gasteiger partial charge is 0.267 e. The van der Waals surface area contributed by atoms with Crippen LogP contribution in [0.2, 0.25) is 5.02 Å². The lowest BCUT2D eigenvalue weighted by molar-refractivity contribution is -0.672. The van der Waals surface area contributed by atoms with Crippen LogP contribution in [-0.4, -0.2) is 25.0 Å². The van der Waals surface area contributed by atoms with Crippen molar-refractivity contribution in [1.29, 1.82) is 0 Å². The van der Waals surface area contributed by atoms with Gasteiger partial charge in [-0.15, -0.1) is 0 Å². The van der Waals surface area contributed by atoms with E-state index < -0.39 is 0 Å². The van der Waals surface area contributed by atoms with E-state index in [0.717, 1.165) is 27.5 Å². The Labute approximate surface area is 237 Å². The summed E-state index contributed by atoms with van der Waals surface area (Å²) in [7, 11) is 0. The van der Waals surface area contributed by atoms with E-state index in [1.165, 1.54) is 21.2 Å². The zero-order valence-electron chi connectivity index (χ0n) is 22.1. The molecule has 0 saturated carbocycles. The standard InChI is InChI=1S/C30H31ClN4OS2/c1-5-33-24-15-21(4)11-13-26(24)37-29(33)17-30-35(25-16-22(31)12-14-27(25)38-30)19-32-28(36)18-34(20(2)3)23-9-7-6-8-10-23/h6-17,20H,5,18-19H2,1-4H3/p+1. The second kappa shape index (κ2) is 11.4. The van der Waals surface area contributed by atoms with Crippen LogP contribution in [0.25, 0.3) is 16.3 Å². The van der Waals surface area contributed by atoms with Gasteiger partial charge in [-0.25, -0.2) is 0 Å². The Morgan fingerprint density at radius 1 is 1.13 bits per heavy atom. The van der Waals surface area contributed by atoms with Crippen LogP contribution >= 0.6 is 34.7 Å². The molecule has 0 unspecified atom stereocenters. The Morgan fingerprint density at radius 3 is 2.66 bits per heavy atom. The van der Waals surface area contributed by atoms with Gasteiger partial charge in [0.1, 0.15) is 4.70 Å². The summed E-state index contributed by atoms with van der Waals surface area (Å²) in [5.74, 6) is -0.0247. The van der Waals surface area contributed by atoms with Crippen molar-refractivity contribution in [3.05, 3.63) is 87.4 Å². The van der Waals surface area contributed by atoms with Crippen LogP contribution < -0.4 is 19.7 Å². The number of anilines is 2. The van der Waals surface area contributed by atoms with Gasteiger partial charge in [-0.2, -0.15) is 4.57 Å². The summed E-state index contributed by atoms with van der Waals surface area (Å²) in [6.07, 6.45) is 2.23. The molecule has 1 N–H and O–H groups in total. The molecule has 5 nitrogen and oxygen atoms in total. The highest BCUT2D eigenvalue weighted by molar-refractivity contribution is 8.03. The van der Waals surface area contributed by atoms with Crippen LogP contribution in [0, 0.1) is 6.92 Å². The molecule has 2 heterocycles. The average molecular weight is 564 g/mol. The van der Waals surface area contributed by atoms with Gasteiger partial charge in [-0.05, 0) is 69.7 Å². The number of para-hydroxylation sites is 1. The second-order valence-electron chi connectivity index (χ2n) is 9.60. The largest absolute Gasteiger partial charge is 0.360 e. The van der Waals surface area contributed by atoms with Gasteiger partial charge < -0.3 is 9.80 Å². The van der Waals surface area contributed by atoms with Crippen molar-refractivity contribution in [3.63, 3.8) is 0 Å². The Kier molecular flexibility index (Phi) is 7.98. The van der Waals surface area contributed by atoms with E-state index in [0.29, 0.717) is 11.7 Å². The average Bonchev–Trinajstić information content (AvgIpc) is 3.42. The molecule has 0 aliphatic carbocycles. The second-order valence-corrected chi connectivity index (χ2v) is 12.2. The van der Waals surface area contributed by atoms with Crippen LogP contribution in [-0.2, 0) is 11.5 Å². The minimum atomic E-state index is -0.0247. The molecule has 0 radical (unpaired) electrons. The van der Waals surface area contributed by atoms with Crippen molar-refractivity contribution in [1.82, 2.24) is 5.32 Å². The maximum atomic E-state index is 13.1. The lowest BCUT2D eigenvalue weighted by Crippen LogP contribution is -2.48. The zero-order valence-corrected chi connectivity index (χ0v) is 24.5. The lowest BCUT2D eigenvalue weighted by atomic mass is 10.2. The molecule has 0 saturated heterocycles. The lowest BCUT2D eigenvalue weighted by Gasteiger charge is -2.28. The Morgan fingerprint density at radius 2 is 1.92 bits per heavy atom. The third-order valence-corrected chi connectivity index (χ3v) is 9.06. The van der Waals surface area contributed by atoms with Crippen molar-refractivity contribution in [2.24, 2.45) is 0 Å². The molecule has 1 amide bonds. The number of hydrogen-bond acceptors (Lipinski definition) is 5. The predicted molar refractivity (Wildman–Crippen MR) is 162 cm³/mol. The molecular formula is C30H32ClN4OS2+. The van der Waals surface area contributed by atoms with Crippen LogP contribution in [0.3, 0.4) is 0 Å². The van der Waals surface area contributed by atoms with E-state index in [-0.39, 0.29) is 18.5 Å². The number of nitrogens with one attached hydrogen (secondary N) is 1. The number of rotatable bonds is 8. The summed E-state index contributed by atoms with van der Waals surface area (Å²) in [5, 5.41) is 6.09. The molecule has 0 atom stereocenters. The SMILES string of the molecule is CCN1/C(=C/c2sc3ccc(Cl)cc3[n+]2CNC(=O)CN(c2ccccc2)C(C)C)Sc2ccc(C)cc21. The van der Waals surface area contributed by atoms with Crippen molar-refractivity contribution < 1.29 is 9.36 Å². The molecule has 1 aliphatic heterocycles. The molecule has 38 heavy (non-hydrogen) atoms. The van der Waals surface area contributed by atoms with E-state index in [9.17, 15) is 4.79 Å². The maximum Gasteiger partial charge on any atom is 0.267 e. The Bertz CT molecular complexity index is 1500. The molecule has 1 aromatic heterocycles. The first kappa shape index (κ1) is 26.6. The van der Waals surface area contributed by atoms with Gasteiger partial charge >= 0.3 is 0 Å². The molecule has 4 aromatic rings. The maximum absolute atomic E-state index is 13.1. The van der Waals surface area contributed by atoms with E-state index >= 15 is 0 Å². The highest BCUT2D eigenvalue weighted by atomic mass is 35.5. The quantitative estimate of drug-likeness (QED) is 0.233. The molecule has 5 rings (SSSR count). The Balaban J connectivity index is 1.43. The van der Waals surface area contributed by atoms with E-state index in [4.69, 9.17) is 11.6 Å². The number of benzene rings is 3. The number of nitrogens with zero attached hydrogens (tertiary/aromatic N) is 3. The van der Waals surface area contributed by atoms with Crippen molar-refractivity contribution >= 4 is 68.3 Å². The number of aromatic nitrogens is 1. The number of amides is 1. The Hall–Kier alpha value is -3.00. The minimum Gasteiger partial charge on any atom is -0.360 e. The summed E-state index contributed by atoms with van der Waals surface area (Å²) >= 11 is 9.89. The number of fused-ring (bicyclic) bond motifs is 2. The molecule has 0 fully saturated rings. The van der Waals surface area contributed by atoms with Gasteiger partial charge in [0.05, 0.1) is 23.3 Å². The molecule has 8 heteroatoms. The molecular weight excluding hydrogens is 532 g/mol. The van der Waals surface area contributed by atoms with Gasteiger partial charge in [-0.3, -0.25) is 10.1 Å². The molecule has 0 bridgehead atoms. The fourth-order valence-electron chi connectivity index (χ4n) is 4.66. The first-order chi connectivity index (χ1) is 18.3. The number of hydrogen-bond donors (Lipinski definition) is 1.